The molecule has 1 N–H and O–H groups in total. The predicted octanol–water partition coefficient (Wildman–Crippen LogP) is 0.413. The van der Waals surface area contributed by atoms with Crippen molar-refractivity contribution in [2.24, 2.45) is 4.99 Å². The average Bonchev–Trinajstić information content (AvgIpc) is 2.40. The van der Waals surface area contributed by atoms with E-state index < -0.39 is 5.54 Å². The molecule has 0 spiro atoms. The molecule has 0 saturated carbocycles. The molecule has 1 rings (SSSR count). The van der Waals surface area contributed by atoms with Gasteiger partial charge in [-0.3, -0.25) is 4.79 Å². The van der Waals surface area contributed by atoms with Crippen molar-refractivity contribution in [1.29, 1.82) is 0 Å². The van der Waals surface area contributed by atoms with Crippen molar-refractivity contribution in [2.45, 2.75) is 25.8 Å². The van der Waals surface area contributed by atoms with Gasteiger partial charge in [-0.05, 0) is 19.9 Å². The van der Waals surface area contributed by atoms with Crippen LogP contribution in [0.2, 0.25) is 0 Å². The number of ether oxygens (including phenoxy) is 1. The third-order valence-corrected chi connectivity index (χ3v) is 1.94. The van der Waals surface area contributed by atoms with Crippen molar-refractivity contribution in [3.8, 4) is 0 Å². The number of nitrogens with one attached hydrogen (secondary N) is 1. The van der Waals surface area contributed by atoms with E-state index in [-0.39, 0.29) is 11.9 Å². The number of cyclic esters (lactones) is 1. The molecule has 1 heterocycles. The molecule has 1 aliphatic heterocycles. The second-order valence-electron chi connectivity index (χ2n) is 3.70. The Labute approximate surface area is 88.2 Å². The fourth-order valence-corrected chi connectivity index (χ4v) is 1.08. The van der Waals surface area contributed by atoms with Crippen LogP contribution < -0.4 is 5.32 Å². The Kier molecular flexibility index (Phi) is 3.24. The number of carbonyl (C=O) groups is 2. The lowest BCUT2D eigenvalue weighted by Gasteiger charge is -2.05. The Morgan fingerprint density at radius 2 is 2.33 bits per heavy atom. The third kappa shape index (κ3) is 2.90. The summed E-state index contributed by atoms with van der Waals surface area (Å²) in [5.41, 5.74) is -0.794. The summed E-state index contributed by atoms with van der Waals surface area (Å²) in [7, 11) is 0. The molecule has 0 radical (unpaired) electrons. The summed E-state index contributed by atoms with van der Waals surface area (Å²) >= 11 is 0. The Hall–Kier alpha value is -1.65. The van der Waals surface area contributed by atoms with E-state index in [1.807, 2.05) is 0 Å². The van der Waals surface area contributed by atoms with E-state index in [2.05, 4.69) is 16.9 Å². The Morgan fingerprint density at radius 3 is 2.80 bits per heavy atom. The van der Waals surface area contributed by atoms with Gasteiger partial charge in [0.25, 0.3) is 0 Å². The molecule has 0 aliphatic carbocycles. The Morgan fingerprint density at radius 1 is 1.67 bits per heavy atom. The van der Waals surface area contributed by atoms with Crippen LogP contribution in [0.25, 0.3) is 0 Å². The quantitative estimate of drug-likeness (QED) is 0.540. The number of carbonyl (C=O) groups excluding carboxylic acids is 2. The molecular weight excluding hydrogens is 196 g/mol. The second-order valence-corrected chi connectivity index (χ2v) is 3.70. The van der Waals surface area contributed by atoms with E-state index in [0.717, 1.165) is 0 Å². The summed E-state index contributed by atoms with van der Waals surface area (Å²) in [6, 6.07) is 0. The third-order valence-electron chi connectivity index (χ3n) is 1.94. The molecule has 1 amide bonds. The van der Waals surface area contributed by atoms with Gasteiger partial charge in [-0.15, -0.1) is 0 Å². The molecule has 0 saturated heterocycles. The summed E-state index contributed by atoms with van der Waals surface area (Å²) in [6.07, 6.45) is 1.60. The van der Waals surface area contributed by atoms with Gasteiger partial charge in [0.05, 0.1) is 0 Å². The van der Waals surface area contributed by atoms with Crippen LogP contribution in [0.4, 0.5) is 0 Å². The zero-order chi connectivity index (χ0) is 11.5. The first-order valence-electron chi connectivity index (χ1n) is 4.67. The van der Waals surface area contributed by atoms with E-state index in [1.165, 1.54) is 6.08 Å². The Bertz CT molecular complexity index is 332. The van der Waals surface area contributed by atoms with Crippen molar-refractivity contribution in [3.63, 3.8) is 0 Å². The van der Waals surface area contributed by atoms with Crippen molar-refractivity contribution in [3.05, 3.63) is 12.7 Å². The van der Waals surface area contributed by atoms with E-state index in [1.54, 1.807) is 13.8 Å². The maximum absolute atomic E-state index is 11.2. The van der Waals surface area contributed by atoms with Crippen LogP contribution in [0.1, 0.15) is 20.3 Å². The van der Waals surface area contributed by atoms with E-state index in [9.17, 15) is 9.59 Å². The minimum absolute atomic E-state index is 0.251. The number of aliphatic imine (C=N–C) groups is 1. The molecule has 0 fully saturated rings. The van der Waals surface area contributed by atoms with Gasteiger partial charge in [0.15, 0.2) is 11.4 Å². The standard InChI is InChI=1S/C10H14N2O3/c1-4-7(13)11-6-5-8-12-10(2,3)9(14)15-8/h4H,1,5-6H2,2-3H3,(H,11,13). The van der Waals surface area contributed by atoms with Gasteiger partial charge in [0, 0.05) is 13.0 Å². The molecule has 0 aromatic rings. The molecule has 1 aliphatic rings. The summed E-state index contributed by atoms with van der Waals surface area (Å²) < 4.78 is 4.93. The summed E-state index contributed by atoms with van der Waals surface area (Å²) in [4.78, 5) is 26.1. The topological polar surface area (TPSA) is 67.8 Å². The number of amides is 1. The largest absolute Gasteiger partial charge is 0.410 e. The second kappa shape index (κ2) is 4.25. The highest BCUT2D eigenvalue weighted by molar-refractivity contribution is 5.99. The molecule has 5 heteroatoms. The first-order chi connectivity index (χ1) is 6.95. The van der Waals surface area contributed by atoms with Gasteiger partial charge in [-0.1, -0.05) is 6.58 Å². The summed E-state index contributed by atoms with van der Waals surface area (Å²) in [5, 5.41) is 2.57. The zero-order valence-electron chi connectivity index (χ0n) is 8.87. The summed E-state index contributed by atoms with van der Waals surface area (Å²) in [5.74, 6) is -0.235. The van der Waals surface area contributed by atoms with Crippen molar-refractivity contribution in [2.75, 3.05) is 6.54 Å². The number of hydrogen-bond donors (Lipinski definition) is 1. The lowest BCUT2D eigenvalue weighted by Crippen LogP contribution is -2.25. The van der Waals surface area contributed by atoms with Gasteiger partial charge in [-0.25, -0.2) is 9.79 Å². The van der Waals surface area contributed by atoms with Crippen molar-refractivity contribution < 1.29 is 14.3 Å². The first-order valence-corrected chi connectivity index (χ1v) is 4.67. The molecular formula is C10H14N2O3. The van der Waals surface area contributed by atoms with Crippen LogP contribution in [0.15, 0.2) is 17.6 Å². The van der Waals surface area contributed by atoms with Crippen LogP contribution in [-0.2, 0) is 14.3 Å². The van der Waals surface area contributed by atoms with Crippen LogP contribution in [-0.4, -0.2) is 29.9 Å². The molecule has 0 aromatic carbocycles. The monoisotopic (exact) mass is 210 g/mol. The fourth-order valence-electron chi connectivity index (χ4n) is 1.08. The number of rotatable bonds is 4. The Balaban J connectivity index is 2.39. The number of esters is 1. The zero-order valence-corrected chi connectivity index (χ0v) is 8.87. The van der Waals surface area contributed by atoms with Crippen molar-refractivity contribution >= 4 is 17.8 Å². The van der Waals surface area contributed by atoms with Gasteiger partial charge >= 0.3 is 5.97 Å². The highest BCUT2D eigenvalue weighted by Gasteiger charge is 2.36. The maximum Gasteiger partial charge on any atom is 0.340 e. The van der Waals surface area contributed by atoms with E-state index >= 15 is 0 Å². The lowest BCUT2D eigenvalue weighted by atomic mass is 10.1. The lowest BCUT2D eigenvalue weighted by molar-refractivity contribution is -0.138. The molecule has 0 atom stereocenters. The fraction of sp³-hybridized carbons (Fsp3) is 0.500. The van der Waals surface area contributed by atoms with Gasteiger partial charge in [0.1, 0.15) is 0 Å². The highest BCUT2D eigenvalue weighted by atomic mass is 16.6. The number of nitrogens with zero attached hydrogens (tertiary/aromatic N) is 1. The minimum Gasteiger partial charge on any atom is -0.410 e. The normalized spacial score (nSPS) is 18.0. The highest BCUT2D eigenvalue weighted by Crippen LogP contribution is 2.19. The predicted molar refractivity (Wildman–Crippen MR) is 55.4 cm³/mol. The van der Waals surface area contributed by atoms with Gasteiger partial charge < -0.3 is 10.1 Å². The van der Waals surface area contributed by atoms with Gasteiger partial charge in [0.2, 0.25) is 5.91 Å². The molecule has 15 heavy (non-hydrogen) atoms. The van der Waals surface area contributed by atoms with Crippen LogP contribution >= 0.6 is 0 Å². The first kappa shape index (κ1) is 11.4. The van der Waals surface area contributed by atoms with Gasteiger partial charge in [-0.2, -0.15) is 0 Å². The van der Waals surface area contributed by atoms with Crippen LogP contribution in [0.5, 0.6) is 0 Å². The van der Waals surface area contributed by atoms with Crippen molar-refractivity contribution in [1.82, 2.24) is 5.32 Å². The molecule has 0 aromatic heterocycles. The SMILES string of the molecule is C=CC(=O)NCCC1=NC(C)(C)C(=O)O1. The summed E-state index contributed by atoms with van der Waals surface area (Å²) in [6.45, 7) is 7.07. The average molecular weight is 210 g/mol. The maximum atomic E-state index is 11.2. The smallest absolute Gasteiger partial charge is 0.340 e. The molecule has 0 bridgehead atoms. The molecule has 5 nitrogen and oxygen atoms in total. The molecule has 0 unspecified atom stereocenters. The van der Waals surface area contributed by atoms with Crippen LogP contribution in [0, 0.1) is 0 Å². The van der Waals surface area contributed by atoms with E-state index in [0.29, 0.717) is 18.9 Å². The minimum atomic E-state index is -0.794. The van der Waals surface area contributed by atoms with E-state index in [4.69, 9.17) is 4.74 Å². The number of hydrogen-bond acceptors (Lipinski definition) is 4. The van der Waals surface area contributed by atoms with Crippen LogP contribution in [0.3, 0.4) is 0 Å². The molecule has 82 valence electrons.